The average molecular weight is 148 g/mol. The number of hydrogen-bond donors (Lipinski definition) is 2. The lowest BCUT2D eigenvalue weighted by Crippen LogP contribution is -2.26. The Morgan fingerprint density at radius 3 is 2.64 bits per heavy atom. The zero-order valence-electron chi connectivity index (χ0n) is 5.86. The van der Waals surface area contributed by atoms with E-state index in [2.05, 4.69) is 21.3 Å². The lowest BCUT2D eigenvalue weighted by Gasteiger charge is -2.06. The first-order valence-electron chi connectivity index (χ1n) is 3.05. The van der Waals surface area contributed by atoms with Gasteiger partial charge in [0.1, 0.15) is 12.4 Å². The number of terminal acetylenes is 1. The van der Waals surface area contributed by atoms with Gasteiger partial charge in [0.15, 0.2) is 0 Å². The molecule has 1 atom stereocenters. The molecule has 56 valence electrons. The van der Waals surface area contributed by atoms with Crippen LogP contribution in [0.3, 0.4) is 0 Å². The van der Waals surface area contributed by atoms with E-state index in [1.54, 1.807) is 12.4 Å². The van der Waals surface area contributed by atoms with Crippen molar-refractivity contribution in [2.75, 3.05) is 0 Å². The lowest BCUT2D eigenvalue weighted by molar-refractivity contribution is 0.668. The highest BCUT2D eigenvalue weighted by Crippen LogP contribution is 2.05. The summed E-state index contributed by atoms with van der Waals surface area (Å²) in [7, 11) is 0. The van der Waals surface area contributed by atoms with Crippen LogP contribution in [0.2, 0.25) is 0 Å². The molecule has 1 heterocycles. The van der Waals surface area contributed by atoms with E-state index in [1.807, 2.05) is 0 Å². The molecule has 0 aliphatic rings. The predicted molar refractivity (Wildman–Crippen MR) is 40.9 cm³/mol. The van der Waals surface area contributed by atoms with Crippen molar-refractivity contribution in [3.8, 4) is 12.3 Å². The molecule has 1 aromatic heterocycles. The van der Waals surface area contributed by atoms with Crippen LogP contribution >= 0.6 is 0 Å². The number of hydrogen-bond acceptors (Lipinski definition) is 4. The molecule has 0 aliphatic carbocycles. The third-order valence-electron chi connectivity index (χ3n) is 1.25. The molecule has 1 aromatic rings. The second-order valence-electron chi connectivity index (χ2n) is 1.94. The Morgan fingerprint density at radius 1 is 1.55 bits per heavy atom. The predicted octanol–water partition coefficient (Wildman–Crippen LogP) is -0.386. The van der Waals surface area contributed by atoms with E-state index >= 15 is 0 Å². The van der Waals surface area contributed by atoms with Crippen LogP contribution in [0.4, 0.5) is 0 Å². The van der Waals surface area contributed by atoms with Crippen LogP contribution in [0.5, 0.6) is 0 Å². The summed E-state index contributed by atoms with van der Waals surface area (Å²) in [5, 5.41) is 0. The van der Waals surface area contributed by atoms with Gasteiger partial charge < -0.3 is 0 Å². The van der Waals surface area contributed by atoms with Crippen LogP contribution in [0.15, 0.2) is 18.7 Å². The number of nitrogens with zero attached hydrogens (tertiary/aromatic N) is 2. The second-order valence-corrected chi connectivity index (χ2v) is 1.94. The summed E-state index contributed by atoms with van der Waals surface area (Å²) in [4.78, 5) is 7.60. The standard InChI is InChI=1S/C7H8N4/c1-2-7(11-8)6-3-9-5-10-4-6/h1,3-5,7,11H,8H2. The number of rotatable bonds is 2. The minimum absolute atomic E-state index is 0.309. The first-order chi connectivity index (χ1) is 5.38. The summed E-state index contributed by atoms with van der Waals surface area (Å²) in [6.07, 6.45) is 9.85. The number of hydrazine groups is 1. The quantitative estimate of drug-likeness (QED) is 0.341. The van der Waals surface area contributed by atoms with Gasteiger partial charge >= 0.3 is 0 Å². The fourth-order valence-electron chi connectivity index (χ4n) is 0.700. The van der Waals surface area contributed by atoms with Crippen molar-refractivity contribution >= 4 is 0 Å². The summed E-state index contributed by atoms with van der Waals surface area (Å²) < 4.78 is 0. The molecular weight excluding hydrogens is 140 g/mol. The molecule has 0 spiro atoms. The van der Waals surface area contributed by atoms with Gasteiger partial charge in [0.05, 0.1) is 0 Å². The molecule has 4 heteroatoms. The van der Waals surface area contributed by atoms with Crippen molar-refractivity contribution in [2.24, 2.45) is 5.84 Å². The summed E-state index contributed by atoms with van der Waals surface area (Å²) >= 11 is 0. The Balaban J connectivity index is 2.85. The van der Waals surface area contributed by atoms with Crippen LogP contribution in [0, 0.1) is 12.3 Å². The van der Waals surface area contributed by atoms with E-state index in [-0.39, 0.29) is 6.04 Å². The molecule has 0 saturated heterocycles. The maximum atomic E-state index is 5.17. The van der Waals surface area contributed by atoms with Gasteiger partial charge in [0, 0.05) is 18.0 Å². The third kappa shape index (κ3) is 1.74. The van der Waals surface area contributed by atoms with E-state index in [0.717, 1.165) is 5.56 Å². The van der Waals surface area contributed by atoms with E-state index in [0.29, 0.717) is 0 Å². The van der Waals surface area contributed by atoms with Gasteiger partial charge in [0.25, 0.3) is 0 Å². The SMILES string of the molecule is C#CC(NN)c1cncnc1. The molecule has 0 aromatic carbocycles. The molecule has 1 unspecified atom stereocenters. The Kier molecular flexibility index (Phi) is 2.55. The molecule has 0 radical (unpaired) electrons. The van der Waals surface area contributed by atoms with Crippen LogP contribution in [0.25, 0.3) is 0 Å². The first kappa shape index (κ1) is 7.66. The van der Waals surface area contributed by atoms with E-state index < -0.39 is 0 Å². The Bertz CT molecular complexity index is 251. The molecule has 0 bridgehead atoms. The van der Waals surface area contributed by atoms with Gasteiger partial charge in [-0.1, -0.05) is 5.92 Å². The van der Waals surface area contributed by atoms with Gasteiger partial charge in [-0.2, -0.15) is 0 Å². The number of aromatic nitrogens is 2. The number of nitrogens with two attached hydrogens (primary N) is 1. The summed E-state index contributed by atoms with van der Waals surface area (Å²) in [5.74, 6) is 7.62. The third-order valence-corrected chi connectivity index (χ3v) is 1.25. The topological polar surface area (TPSA) is 63.8 Å². The van der Waals surface area contributed by atoms with Crippen molar-refractivity contribution in [1.29, 1.82) is 0 Å². The van der Waals surface area contributed by atoms with Crippen LogP contribution in [-0.2, 0) is 0 Å². The van der Waals surface area contributed by atoms with E-state index in [4.69, 9.17) is 12.3 Å². The summed E-state index contributed by atoms with van der Waals surface area (Å²) in [6, 6.07) is -0.309. The largest absolute Gasteiger partial charge is 0.270 e. The van der Waals surface area contributed by atoms with Gasteiger partial charge in [-0.05, 0) is 0 Å². The maximum absolute atomic E-state index is 5.17. The molecular formula is C7H8N4. The molecule has 4 nitrogen and oxygen atoms in total. The van der Waals surface area contributed by atoms with Gasteiger partial charge in [-0.15, -0.1) is 6.42 Å². The van der Waals surface area contributed by atoms with Crippen LogP contribution < -0.4 is 11.3 Å². The Labute approximate surface area is 64.8 Å². The average Bonchev–Trinajstić information content (AvgIpc) is 2.09. The van der Waals surface area contributed by atoms with Crippen molar-refractivity contribution in [2.45, 2.75) is 6.04 Å². The van der Waals surface area contributed by atoms with Crippen LogP contribution in [-0.4, -0.2) is 9.97 Å². The number of nitrogens with one attached hydrogen (secondary N) is 1. The zero-order valence-corrected chi connectivity index (χ0v) is 5.86. The molecule has 1 rings (SSSR count). The minimum Gasteiger partial charge on any atom is -0.270 e. The lowest BCUT2D eigenvalue weighted by atomic mass is 10.2. The molecule has 0 amide bonds. The van der Waals surface area contributed by atoms with Crippen LogP contribution in [0.1, 0.15) is 11.6 Å². The van der Waals surface area contributed by atoms with Crippen molar-refractivity contribution < 1.29 is 0 Å². The minimum atomic E-state index is -0.309. The fourth-order valence-corrected chi connectivity index (χ4v) is 0.700. The highest BCUT2D eigenvalue weighted by atomic mass is 15.2. The van der Waals surface area contributed by atoms with Crippen molar-refractivity contribution in [3.05, 3.63) is 24.3 Å². The zero-order chi connectivity index (χ0) is 8.10. The van der Waals surface area contributed by atoms with Gasteiger partial charge in [-0.25, -0.2) is 15.4 Å². The Morgan fingerprint density at radius 2 is 2.18 bits per heavy atom. The second kappa shape index (κ2) is 3.66. The first-order valence-corrected chi connectivity index (χ1v) is 3.05. The normalized spacial score (nSPS) is 12.0. The fraction of sp³-hybridized carbons (Fsp3) is 0.143. The molecule has 0 aliphatic heterocycles. The summed E-state index contributed by atoms with van der Waals surface area (Å²) in [5.41, 5.74) is 3.24. The molecule has 11 heavy (non-hydrogen) atoms. The monoisotopic (exact) mass is 148 g/mol. The van der Waals surface area contributed by atoms with Crippen molar-refractivity contribution in [3.63, 3.8) is 0 Å². The molecule has 3 N–H and O–H groups in total. The van der Waals surface area contributed by atoms with E-state index in [9.17, 15) is 0 Å². The highest BCUT2D eigenvalue weighted by Gasteiger charge is 2.03. The smallest absolute Gasteiger partial charge is 0.115 e. The highest BCUT2D eigenvalue weighted by molar-refractivity contribution is 5.18. The van der Waals surface area contributed by atoms with Gasteiger partial charge in [-0.3, -0.25) is 5.84 Å². The molecule has 0 fully saturated rings. The molecule has 0 saturated carbocycles. The Hall–Kier alpha value is -1.44. The van der Waals surface area contributed by atoms with Crippen molar-refractivity contribution in [1.82, 2.24) is 15.4 Å². The maximum Gasteiger partial charge on any atom is 0.115 e. The summed E-state index contributed by atoms with van der Waals surface area (Å²) in [6.45, 7) is 0. The van der Waals surface area contributed by atoms with E-state index in [1.165, 1.54) is 6.33 Å². The van der Waals surface area contributed by atoms with Gasteiger partial charge in [0.2, 0.25) is 0 Å².